The molecular weight excluding hydrogens is 340 g/mol. The molecule has 116 valence electrons. The van der Waals surface area contributed by atoms with Crippen molar-refractivity contribution in [1.82, 2.24) is 0 Å². The standard InChI is InChI=1S/C19H21BrO2/c1-3-14(2)15-11-17(13-18(20)12-15)19(21-9-10-22-19)16-7-5-4-6-8-16/h4-8,11-14H,3,9-10H2,1-2H3. The summed E-state index contributed by atoms with van der Waals surface area (Å²) in [4.78, 5) is 0. The minimum atomic E-state index is -0.784. The Morgan fingerprint density at radius 1 is 1.05 bits per heavy atom. The van der Waals surface area contributed by atoms with Crippen LogP contribution in [0.3, 0.4) is 0 Å². The lowest BCUT2D eigenvalue weighted by molar-refractivity contribution is -0.130. The van der Waals surface area contributed by atoms with Gasteiger partial charge in [-0.05, 0) is 36.1 Å². The molecule has 0 aromatic heterocycles. The Balaban J connectivity index is 2.12. The predicted octanol–water partition coefficient (Wildman–Crippen LogP) is 5.21. The van der Waals surface area contributed by atoms with Crippen molar-refractivity contribution in [3.05, 3.63) is 69.7 Å². The number of hydrogen-bond acceptors (Lipinski definition) is 2. The second-order valence-electron chi connectivity index (χ2n) is 5.76. The van der Waals surface area contributed by atoms with E-state index in [0.29, 0.717) is 19.1 Å². The van der Waals surface area contributed by atoms with Gasteiger partial charge in [0.05, 0.1) is 13.2 Å². The first kappa shape index (κ1) is 15.7. The van der Waals surface area contributed by atoms with Gasteiger partial charge < -0.3 is 9.47 Å². The molecule has 1 aliphatic heterocycles. The van der Waals surface area contributed by atoms with Gasteiger partial charge in [-0.2, -0.15) is 0 Å². The van der Waals surface area contributed by atoms with E-state index in [1.807, 2.05) is 18.2 Å². The fraction of sp³-hybridized carbons (Fsp3) is 0.368. The maximum Gasteiger partial charge on any atom is 0.222 e. The molecule has 0 bridgehead atoms. The summed E-state index contributed by atoms with van der Waals surface area (Å²) in [5.41, 5.74) is 3.41. The van der Waals surface area contributed by atoms with Crippen LogP contribution in [0.25, 0.3) is 0 Å². The highest BCUT2D eigenvalue weighted by Gasteiger charge is 2.41. The van der Waals surface area contributed by atoms with Gasteiger partial charge in [0.25, 0.3) is 0 Å². The zero-order chi connectivity index (χ0) is 15.6. The van der Waals surface area contributed by atoms with Crippen molar-refractivity contribution in [1.29, 1.82) is 0 Å². The van der Waals surface area contributed by atoms with E-state index >= 15 is 0 Å². The van der Waals surface area contributed by atoms with Gasteiger partial charge in [-0.25, -0.2) is 0 Å². The average Bonchev–Trinajstić information content (AvgIpc) is 3.05. The molecular formula is C19H21BrO2. The first-order valence-corrected chi connectivity index (χ1v) is 8.59. The quantitative estimate of drug-likeness (QED) is 0.744. The number of halogens is 1. The van der Waals surface area contributed by atoms with Gasteiger partial charge in [-0.1, -0.05) is 60.1 Å². The molecule has 3 heteroatoms. The van der Waals surface area contributed by atoms with Crippen LogP contribution in [0.2, 0.25) is 0 Å². The van der Waals surface area contributed by atoms with Gasteiger partial charge in [-0.3, -0.25) is 0 Å². The Kier molecular flexibility index (Phi) is 4.67. The number of benzene rings is 2. The molecule has 1 unspecified atom stereocenters. The molecule has 0 aliphatic carbocycles. The monoisotopic (exact) mass is 360 g/mol. The van der Waals surface area contributed by atoms with E-state index in [9.17, 15) is 0 Å². The van der Waals surface area contributed by atoms with Crippen LogP contribution < -0.4 is 0 Å². The Labute approximate surface area is 140 Å². The molecule has 0 radical (unpaired) electrons. The lowest BCUT2D eigenvalue weighted by Crippen LogP contribution is -2.29. The molecule has 0 saturated carbocycles. The summed E-state index contributed by atoms with van der Waals surface area (Å²) >= 11 is 3.64. The Morgan fingerprint density at radius 2 is 1.73 bits per heavy atom. The zero-order valence-corrected chi connectivity index (χ0v) is 14.6. The molecule has 1 atom stereocenters. The zero-order valence-electron chi connectivity index (χ0n) is 13.0. The maximum atomic E-state index is 6.09. The van der Waals surface area contributed by atoms with E-state index in [2.05, 4.69) is 60.1 Å². The van der Waals surface area contributed by atoms with Gasteiger partial charge in [0.1, 0.15) is 0 Å². The fourth-order valence-corrected chi connectivity index (χ4v) is 3.40. The van der Waals surface area contributed by atoms with Crippen LogP contribution in [0.4, 0.5) is 0 Å². The SMILES string of the molecule is CCC(C)c1cc(Br)cc(C2(c3ccccc3)OCCO2)c1. The van der Waals surface area contributed by atoms with E-state index in [4.69, 9.17) is 9.47 Å². The topological polar surface area (TPSA) is 18.5 Å². The number of hydrogen-bond donors (Lipinski definition) is 0. The Bertz CT molecular complexity index is 633. The summed E-state index contributed by atoms with van der Waals surface area (Å²) in [6.07, 6.45) is 1.11. The van der Waals surface area contributed by atoms with Crippen LogP contribution in [-0.2, 0) is 15.3 Å². The third-order valence-corrected chi connectivity index (χ3v) is 4.79. The Morgan fingerprint density at radius 3 is 2.36 bits per heavy atom. The van der Waals surface area contributed by atoms with Crippen LogP contribution in [0.1, 0.15) is 42.9 Å². The van der Waals surface area contributed by atoms with E-state index in [0.717, 1.165) is 22.0 Å². The molecule has 1 fully saturated rings. The van der Waals surface area contributed by atoms with Crippen molar-refractivity contribution in [2.75, 3.05) is 13.2 Å². The van der Waals surface area contributed by atoms with Crippen molar-refractivity contribution in [3.63, 3.8) is 0 Å². The average molecular weight is 361 g/mol. The molecule has 1 heterocycles. The highest BCUT2D eigenvalue weighted by molar-refractivity contribution is 9.10. The third kappa shape index (κ3) is 2.85. The van der Waals surface area contributed by atoms with Crippen molar-refractivity contribution in [3.8, 4) is 0 Å². The van der Waals surface area contributed by atoms with Gasteiger partial charge in [-0.15, -0.1) is 0 Å². The normalized spacial score (nSPS) is 18.3. The van der Waals surface area contributed by atoms with Crippen LogP contribution in [-0.4, -0.2) is 13.2 Å². The summed E-state index contributed by atoms with van der Waals surface area (Å²) in [5.74, 6) is -0.279. The van der Waals surface area contributed by atoms with E-state index in [1.54, 1.807) is 0 Å². The second-order valence-corrected chi connectivity index (χ2v) is 6.68. The van der Waals surface area contributed by atoms with E-state index in [1.165, 1.54) is 5.56 Å². The van der Waals surface area contributed by atoms with Gasteiger partial charge in [0.2, 0.25) is 5.79 Å². The van der Waals surface area contributed by atoms with Crippen molar-refractivity contribution in [2.45, 2.75) is 32.0 Å². The van der Waals surface area contributed by atoms with Crippen LogP contribution in [0, 0.1) is 0 Å². The summed E-state index contributed by atoms with van der Waals surface area (Å²) in [6.45, 7) is 5.68. The molecule has 22 heavy (non-hydrogen) atoms. The lowest BCUT2D eigenvalue weighted by atomic mass is 9.91. The molecule has 0 amide bonds. The van der Waals surface area contributed by atoms with Crippen molar-refractivity contribution in [2.24, 2.45) is 0 Å². The smallest absolute Gasteiger partial charge is 0.222 e. The number of ether oxygens (including phenoxy) is 2. The van der Waals surface area contributed by atoms with Crippen molar-refractivity contribution >= 4 is 15.9 Å². The molecule has 2 aromatic carbocycles. The minimum Gasteiger partial charge on any atom is -0.340 e. The Hall–Kier alpha value is -1.16. The maximum absolute atomic E-state index is 6.09. The first-order chi connectivity index (χ1) is 10.7. The largest absolute Gasteiger partial charge is 0.340 e. The molecule has 1 saturated heterocycles. The molecule has 1 aliphatic rings. The van der Waals surface area contributed by atoms with Crippen LogP contribution >= 0.6 is 15.9 Å². The van der Waals surface area contributed by atoms with Crippen LogP contribution in [0.5, 0.6) is 0 Å². The lowest BCUT2D eigenvalue weighted by Gasteiger charge is -2.29. The van der Waals surface area contributed by atoms with E-state index in [-0.39, 0.29) is 0 Å². The van der Waals surface area contributed by atoms with E-state index < -0.39 is 5.79 Å². The first-order valence-electron chi connectivity index (χ1n) is 7.80. The predicted molar refractivity (Wildman–Crippen MR) is 92.0 cm³/mol. The molecule has 2 nitrogen and oxygen atoms in total. The third-order valence-electron chi connectivity index (χ3n) is 4.33. The summed E-state index contributed by atoms with van der Waals surface area (Å²) < 4.78 is 13.3. The van der Waals surface area contributed by atoms with Gasteiger partial charge in [0, 0.05) is 15.6 Å². The van der Waals surface area contributed by atoms with Crippen molar-refractivity contribution < 1.29 is 9.47 Å². The highest BCUT2D eigenvalue weighted by atomic mass is 79.9. The summed E-state index contributed by atoms with van der Waals surface area (Å²) in [7, 11) is 0. The molecule has 0 spiro atoms. The van der Waals surface area contributed by atoms with Crippen LogP contribution in [0.15, 0.2) is 53.0 Å². The molecule has 3 rings (SSSR count). The fourth-order valence-electron chi connectivity index (χ4n) is 2.89. The summed E-state index contributed by atoms with van der Waals surface area (Å²) in [5, 5.41) is 0. The highest BCUT2D eigenvalue weighted by Crippen LogP contribution is 2.40. The molecule has 2 aromatic rings. The minimum absolute atomic E-state index is 0.505. The molecule has 0 N–H and O–H groups in total. The van der Waals surface area contributed by atoms with Gasteiger partial charge >= 0.3 is 0 Å². The number of rotatable bonds is 4. The second kappa shape index (κ2) is 6.53. The van der Waals surface area contributed by atoms with Gasteiger partial charge in [0.15, 0.2) is 0 Å². The summed E-state index contributed by atoms with van der Waals surface area (Å²) in [6, 6.07) is 16.7.